The molecule has 126 valence electrons. The summed E-state index contributed by atoms with van der Waals surface area (Å²) in [5.74, 6) is 0.768. The van der Waals surface area contributed by atoms with E-state index in [-0.39, 0.29) is 23.5 Å². The highest BCUT2D eigenvalue weighted by Gasteiger charge is 2.27. The van der Waals surface area contributed by atoms with Crippen LogP contribution in [0.25, 0.3) is 0 Å². The number of nitrogens with one attached hydrogen (secondary N) is 2. The second kappa shape index (κ2) is 6.60. The quantitative estimate of drug-likeness (QED) is 0.887. The predicted molar refractivity (Wildman–Crippen MR) is 94.1 cm³/mol. The first-order valence-corrected chi connectivity index (χ1v) is 9.54. The molecule has 0 saturated carbocycles. The van der Waals surface area contributed by atoms with Crippen LogP contribution >= 0.6 is 0 Å². The molecule has 0 aliphatic carbocycles. The van der Waals surface area contributed by atoms with Crippen molar-refractivity contribution in [3.05, 3.63) is 53.7 Å². The van der Waals surface area contributed by atoms with E-state index in [4.69, 9.17) is 0 Å². The maximum atomic E-state index is 12.2. The molecule has 1 aromatic heterocycles. The number of anilines is 2. The summed E-state index contributed by atoms with van der Waals surface area (Å²) in [5.41, 5.74) is 2.20. The molecule has 1 aromatic carbocycles. The number of amides is 1. The first-order valence-electron chi connectivity index (χ1n) is 7.72. The fourth-order valence-electron chi connectivity index (χ4n) is 2.66. The number of hydrogen-bond acceptors (Lipinski definition) is 5. The monoisotopic (exact) mass is 345 g/mol. The van der Waals surface area contributed by atoms with Crippen molar-refractivity contribution in [2.45, 2.75) is 19.4 Å². The molecule has 6 nitrogen and oxygen atoms in total. The Bertz CT molecular complexity index is 848. The van der Waals surface area contributed by atoms with Crippen molar-refractivity contribution in [3.63, 3.8) is 0 Å². The van der Waals surface area contributed by atoms with Crippen LogP contribution < -0.4 is 10.6 Å². The topological polar surface area (TPSA) is 88.2 Å². The number of hydrogen-bond donors (Lipinski definition) is 2. The summed E-state index contributed by atoms with van der Waals surface area (Å²) >= 11 is 0. The normalized spacial score (nSPS) is 19.0. The van der Waals surface area contributed by atoms with Crippen molar-refractivity contribution in [2.75, 3.05) is 22.1 Å². The molecule has 1 aliphatic rings. The number of aromatic nitrogens is 1. The molecule has 2 aromatic rings. The minimum Gasteiger partial charge on any atom is -0.366 e. The van der Waals surface area contributed by atoms with Gasteiger partial charge in [0.15, 0.2) is 9.84 Å². The van der Waals surface area contributed by atoms with Crippen LogP contribution in [0.1, 0.15) is 22.3 Å². The molecule has 3 rings (SSSR count). The molecule has 0 bridgehead atoms. The molecule has 0 radical (unpaired) electrons. The van der Waals surface area contributed by atoms with Gasteiger partial charge in [-0.05, 0) is 37.6 Å². The predicted octanol–water partition coefficient (Wildman–Crippen LogP) is 2.24. The number of carbonyl (C=O) groups excluding carboxylic acids is 1. The molecule has 0 spiro atoms. The third kappa shape index (κ3) is 4.11. The van der Waals surface area contributed by atoms with E-state index in [1.54, 1.807) is 24.4 Å². The van der Waals surface area contributed by atoms with Crippen LogP contribution in [-0.2, 0) is 9.84 Å². The van der Waals surface area contributed by atoms with Gasteiger partial charge in [-0.3, -0.25) is 4.79 Å². The van der Waals surface area contributed by atoms with Crippen LogP contribution in [0.3, 0.4) is 0 Å². The Morgan fingerprint density at radius 1 is 1.25 bits per heavy atom. The zero-order valence-corrected chi connectivity index (χ0v) is 14.1. The summed E-state index contributed by atoms with van der Waals surface area (Å²) in [5, 5.41) is 5.91. The molecule has 2 N–H and O–H groups in total. The van der Waals surface area contributed by atoms with Gasteiger partial charge in [0.1, 0.15) is 5.82 Å². The van der Waals surface area contributed by atoms with Crippen molar-refractivity contribution in [2.24, 2.45) is 0 Å². The van der Waals surface area contributed by atoms with E-state index in [0.29, 0.717) is 23.5 Å². The van der Waals surface area contributed by atoms with Gasteiger partial charge in [-0.15, -0.1) is 0 Å². The third-order valence-corrected chi connectivity index (χ3v) is 5.65. The second-order valence-corrected chi connectivity index (χ2v) is 8.23. The van der Waals surface area contributed by atoms with Crippen LogP contribution in [0.5, 0.6) is 0 Å². The molecule has 7 heteroatoms. The lowest BCUT2D eigenvalue weighted by Gasteiger charge is -2.12. The van der Waals surface area contributed by atoms with Gasteiger partial charge in [-0.1, -0.05) is 17.7 Å². The molecule has 1 aliphatic heterocycles. The summed E-state index contributed by atoms with van der Waals surface area (Å²) in [7, 11) is -2.92. The average molecular weight is 345 g/mol. The first kappa shape index (κ1) is 16.4. The van der Waals surface area contributed by atoms with Crippen molar-refractivity contribution in [3.8, 4) is 0 Å². The lowest BCUT2D eigenvalue weighted by atomic mass is 10.1. The molecule has 1 saturated heterocycles. The minimum atomic E-state index is -2.92. The van der Waals surface area contributed by atoms with Crippen LogP contribution in [0.2, 0.25) is 0 Å². The number of sulfone groups is 1. The Balaban J connectivity index is 1.61. The van der Waals surface area contributed by atoms with E-state index in [9.17, 15) is 13.2 Å². The molecule has 1 unspecified atom stereocenters. The van der Waals surface area contributed by atoms with Gasteiger partial charge in [0.05, 0.1) is 23.4 Å². The zero-order chi connectivity index (χ0) is 17.2. The number of pyridine rings is 1. The minimum absolute atomic E-state index is 0.102. The summed E-state index contributed by atoms with van der Waals surface area (Å²) < 4.78 is 22.9. The number of carbonyl (C=O) groups is 1. The molecule has 1 atom stereocenters. The van der Waals surface area contributed by atoms with Crippen LogP contribution in [0.15, 0.2) is 42.6 Å². The van der Waals surface area contributed by atoms with Crippen molar-refractivity contribution >= 4 is 27.2 Å². The highest BCUT2D eigenvalue weighted by atomic mass is 32.2. The van der Waals surface area contributed by atoms with Gasteiger partial charge in [0.25, 0.3) is 5.91 Å². The van der Waals surface area contributed by atoms with E-state index in [0.717, 1.165) is 5.56 Å². The van der Waals surface area contributed by atoms with Gasteiger partial charge >= 0.3 is 0 Å². The highest BCUT2D eigenvalue weighted by molar-refractivity contribution is 7.91. The summed E-state index contributed by atoms with van der Waals surface area (Å²) in [4.78, 5) is 16.4. The first-order chi connectivity index (χ1) is 11.4. The van der Waals surface area contributed by atoms with E-state index in [1.807, 2.05) is 25.1 Å². The Kier molecular flexibility index (Phi) is 4.53. The van der Waals surface area contributed by atoms with Gasteiger partial charge in [0.2, 0.25) is 0 Å². The standard InChI is InChI=1S/C17H19N3O3S/c1-12-3-2-4-13(9-12)17(21)20-14-5-6-16(18-10-14)19-15-7-8-24(22,23)11-15/h2-6,9-10,15H,7-8,11H2,1H3,(H,18,19)(H,20,21). The van der Waals surface area contributed by atoms with Crippen LogP contribution in [0.4, 0.5) is 11.5 Å². The maximum absolute atomic E-state index is 12.2. The molecular weight excluding hydrogens is 326 g/mol. The molecular formula is C17H19N3O3S. The van der Waals surface area contributed by atoms with Gasteiger partial charge in [-0.2, -0.15) is 0 Å². The summed E-state index contributed by atoms with van der Waals surface area (Å²) in [6.07, 6.45) is 2.15. The molecule has 1 amide bonds. The lowest BCUT2D eigenvalue weighted by molar-refractivity contribution is 0.102. The number of nitrogens with zero attached hydrogens (tertiary/aromatic N) is 1. The molecule has 2 heterocycles. The Labute approximate surface area is 141 Å². The lowest BCUT2D eigenvalue weighted by Crippen LogP contribution is -2.21. The zero-order valence-electron chi connectivity index (χ0n) is 13.3. The van der Waals surface area contributed by atoms with Crippen molar-refractivity contribution in [1.82, 2.24) is 4.98 Å². The third-order valence-electron chi connectivity index (χ3n) is 3.89. The van der Waals surface area contributed by atoms with Gasteiger partial charge in [0, 0.05) is 11.6 Å². The fourth-order valence-corrected chi connectivity index (χ4v) is 4.33. The van der Waals surface area contributed by atoms with Crippen molar-refractivity contribution < 1.29 is 13.2 Å². The molecule has 1 fully saturated rings. The van der Waals surface area contributed by atoms with E-state index in [1.165, 1.54) is 0 Å². The van der Waals surface area contributed by atoms with E-state index >= 15 is 0 Å². The van der Waals surface area contributed by atoms with E-state index in [2.05, 4.69) is 15.6 Å². The Hall–Kier alpha value is -2.41. The smallest absolute Gasteiger partial charge is 0.255 e. The average Bonchev–Trinajstić information content (AvgIpc) is 2.88. The fraction of sp³-hybridized carbons (Fsp3) is 0.294. The van der Waals surface area contributed by atoms with Crippen LogP contribution in [0, 0.1) is 6.92 Å². The highest BCUT2D eigenvalue weighted by Crippen LogP contribution is 2.17. The number of aryl methyl sites for hydroxylation is 1. The Morgan fingerprint density at radius 3 is 2.71 bits per heavy atom. The maximum Gasteiger partial charge on any atom is 0.255 e. The largest absolute Gasteiger partial charge is 0.366 e. The Morgan fingerprint density at radius 2 is 2.08 bits per heavy atom. The van der Waals surface area contributed by atoms with Gasteiger partial charge in [-0.25, -0.2) is 13.4 Å². The number of benzene rings is 1. The van der Waals surface area contributed by atoms with Crippen LogP contribution in [-0.4, -0.2) is 36.9 Å². The van der Waals surface area contributed by atoms with Gasteiger partial charge < -0.3 is 10.6 Å². The van der Waals surface area contributed by atoms with Crippen molar-refractivity contribution in [1.29, 1.82) is 0 Å². The second-order valence-electron chi connectivity index (χ2n) is 6.00. The summed E-state index contributed by atoms with van der Waals surface area (Å²) in [6, 6.07) is 10.7. The number of rotatable bonds is 4. The SMILES string of the molecule is Cc1cccc(C(=O)Nc2ccc(NC3CCS(=O)(=O)C3)nc2)c1. The summed E-state index contributed by atoms with van der Waals surface area (Å²) in [6.45, 7) is 1.93. The van der Waals surface area contributed by atoms with E-state index < -0.39 is 9.84 Å². The molecule has 24 heavy (non-hydrogen) atoms.